The minimum Gasteiger partial charge on any atom is -0.428 e. The summed E-state index contributed by atoms with van der Waals surface area (Å²) in [5.74, 6) is 0. The third-order valence-corrected chi connectivity index (χ3v) is 2.87. The zero-order chi connectivity index (χ0) is 12.4. The van der Waals surface area contributed by atoms with Gasteiger partial charge in [-0.15, -0.1) is 4.20 Å². The predicted molar refractivity (Wildman–Crippen MR) is 75.9 cm³/mol. The van der Waals surface area contributed by atoms with Crippen LogP contribution in [0.25, 0.3) is 0 Å². The molecule has 0 bridgehead atoms. The normalized spacial score (nSPS) is 9.50. The van der Waals surface area contributed by atoms with Gasteiger partial charge < -0.3 is 29.7 Å². The summed E-state index contributed by atoms with van der Waals surface area (Å²) < 4.78 is 0.475. The maximum Gasteiger partial charge on any atom is 0.0742 e. The van der Waals surface area contributed by atoms with E-state index in [1.165, 1.54) is 19.6 Å². The monoisotopic (exact) mass is 256 g/mol. The SMILES string of the molecule is CC[NH+](CC)CC.S=C([S-])c1cccnc1. The first-order chi connectivity index (χ1) is 7.65. The third kappa shape index (κ3) is 6.82. The first-order valence-electron chi connectivity index (χ1n) is 5.60. The van der Waals surface area contributed by atoms with E-state index in [0.717, 1.165) is 5.56 Å². The summed E-state index contributed by atoms with van der Waals surface area (Å²) in [7, 11) is 0. The Morgan fingerprint density at radius 2 is 1.88 bits per heavy atom. The quantitative estimate of drug-likeness (QED) is 0.645. The molecule has 1 N–H and O–H groups in total. The van der Waals surface area contributed by atoms with E-state index in [1.54, 1.807) is 17.3 Å². The lowest BCUT2D eigenvalue weighted by molar-refractivity contribution is -0.894. The standard InChI is InChI=1S/C6H5NS2.C6H15N/c8-6(9)5-2-1-3-7-4-5;1-4-7(5-2)6-3/h1-4H,(H,8,9);4-6H2,1-3H3. The molecule has 0 aliphatic carbocycles. The van der Waals surface area contributed by atoms with Gasteiger partial charge in [-0.1, -0.05) is 6.07 Å². The van der Waals surface area contributed by atoms with Crippen molar-refractivity contribution in [3.05, 3.63) is 30.1 Å². The second-order valence-electron chi connectivity index (χ2n) is 3.34. The number of quaternary nitrogens is 1. The molecule has 4 heteroatoms. The van der Waals surface area contributed by atoms with Crippen LogP contribution in [0.15, 0.2) is 24.5 Å². The van der Waals surface area contributed by atoms with Crippen molar-refractivity contribution in [1.29, 1.82) is 0 Å². The summed E-state index contributed by atoms with van der Waals surface area (Å²) in [4.78, 5) is 5.53. The van der Waals surface area contributed by atoms with Gasteiger partial charge in [-0.3, -0.25) is 4.98 Å². The van der Waals surface area contributed by atoms with Gasteiger partial charge in [0, 0.05) is 12.4 Å². The Bertz CT molecular complexity index is 279. The van der Waals surface area contributed by atoms with Crippen molar-refractivity contribution in [2.24, 2.45) is 0 Å². The molecule has 0 amide bonds. The maximum absolute atomic E-state index is 4.74. The van der Waals surface area contributed by atoms with Gasteiger partial charge in [0.25, 0.3) is 0 Å². The molecule has 1 aromatic rings. The summed E-state index contributed by atoms with van der Waals surface area (Å²) in [6.07, 6.45) is 3.35. The van der Waals surface area contributed by atoms with E-state index in [0.29, 0.717) is 4.20 Å². The van der Waals surface area contributed by atoms with Crippen LogP contribution in [0.2, 0.25) is 0 Å². The molecule has 90 valence electrons. The molecule has 0 fully saturated rings. The van der Waals surface area contributed by atoms with Crippen molar-refractivity contribution in [1.82, 2.24) is 4.98 Å². The van der Waals surface area contributed by atoms with Gasteiger partial charge in [0.1, 0.15) is 0 Å². The van der Waals surface area contributed by atoms with E-state index in [1.807, 2.05) is 12.1 Å². The number of aromatic nitrogens is 1. The van der Waals surface area contributed by atoms with Crippen LogP contribution >= 0.6 is 12.2 Å². The number of hydrogen-bond donors (Lipinski definition) is 1. The van der Waals surface area contributed by atoms with Gasteiger partial charge in [0.05, 0.1) is 19.6 Å². The smallest absolute Gasteiger partial charge is 0.0742 e. The van der Waals surface area contributed by atoms with Crippen LogP contribution in [-0.4, -0.2) is 28.8 Å². The van der Waals surface area contributed by atoms with Gasteiger partial charge >= 0.3 is 0 Å². The summed E-state index contributed by atoms with van der Waals surface area (Å²) >= 11 is 9.47. The van der Waals surface area contributed by atoms with Crippen LogP contribution < -0.4 is 4.90 Å². The lowest BCUT2D eigenvalue weighted by atomic mass is 10.3. The Labute approximate surface area is 109 Å². The zero-order valence-electron chi connectivity index (χ0n) is 10.2. The van der Waals surface area contributed by atoms with Crippen LogP contribution in [0.4, 0.5) is 0 Å². The Morgan fingerprint density at radius 1 is 1.31 bits per heavy atom. The molecule has 2 nitrogen and oxygen atoms in total. The number of pyridine rings is 1. The van der Waals surface area contributed by atoms with E-state index in [-0.39, 0.29) is 0 Å². The molecule has 0 aromatic carbocycles. The fourth-order valence-electron chi connectivity index (χ4n) is 1.23. The topological polar surface area (TPSA) is 17.3 Å². The van der Waals surface area contributed by atoms with Crippen molar-refractivity contribution < 1.29 is 4.90 Å². The Kier molecular flexibility index (Phi) is 9.28. The minimum absolute atomic E-state index is 0.475. The largest absolute Gasteiger partial charge is 0.428 e. The first kappa shape index (κ1) is 15.4. The molecule has 0 atom stereocenters. The first-order valence-corrected chi connectivity index (χ1v) is 6.42. The molecule has 0 saturated heterocycles. The van der Waals surface area contributed by atoms with Gasteiger partial charge in [-0.2, -0.15) is 0 Å². The highest BCUT2D eigenvalue weighted by atomic mass is 32.1. The van der Waals surface area contributed by atoms with E-state index in [2.05, 4.69) is 25.8 Å². The van der Waals surface area contributed by atoms with Crippen LogP contribution in [0.5, 0.6) is 0 Å². The number of nitrogens with one attached hydrogen (secondary N) is 1. The Balaban J connectivity index is 0.000000293. The van der Waals surface area contributed by atoms with Crippen molar-refractivity contribution in [2.75, 3.05) is 19.6 Å². The van der Waals surface area contributed by atoms with Crippen molar-refractivity contribution in [2.45, 2.75) is 20.8 Å². The summed E-state index contributed by atoms with van der Waals surface area (Å²) in [5.41, 5.74) is 0.850. The molecule has 0 saturated carbocycles. The lowest BCUT2D eigenvalue weighted by Gasteiger charge is -2.10. The molecule has 0 unspecified atom stereocenters. The van der Waals surface area contributed by atoms with Gasteiger partial charge in [-0.05, 0) is 32.4 Å². The van der Waals surface area contributed by atoms with Crippen LogP contribution in [0, 0.1) is 0 Å². The molecule has 1 rings (SSSR count). The Morgan fingerprint density at radius 3 is 2.06 bits per heavy atom. The molecule has 0 radical (unpaired) electrons. The van der Waals surface area contributed by atoms with Gasteiger partial charge in [-0.25, -0.2) is 0 Å². The van der Waals surface area contributed by atoms with E-state index < -0.39 is 0 Å². The molecule has 0 aliphatic heterocycles. The van der Waals surface area contributed by atoms with Gasteiger partial charge in [0.15, 0.2) is 0 Å². The zero-order valence-corrected chi connectivity index (χ0v) is 11.8. The van der Waals surface area contributed by atoms with Crippen molar-refractivity contribution in [3.63, 3.8) is 0 Å². The Hall–Kier alpha value is -0.580. The minimum atomic E-state index is 0.475. The lowest BCUT2D eigenvalue weighted by Crippen LogP contribution is -3.11. The molecule has 1 aromatic heterocycles. The highest BCUT2D eigenvalue weighted by Crippen LogP contribution is 1.95. The molecular weight excluding hydrogens is 236 g/mol. The average molecular weight is 256 g/mol. The number of rotatable bonds is 4. The second-order valence-corrected chi connectivity index (χ2v) is 4.41. The molecule has 1 heterocycles. The van der Waals surface area contributed by atoms with E-state index in [9.17, 15) is 0 Å². The van der Waals surface area contributed by atoms with Crippen LogP contribution in [-0.2, 0) is 12.6 Å². The third-order valence-electron chi connectivity index (χ3n) is 2.40. The maximum atomic E-state index is 4.74. The summed E-state index contributed by atoms with van der Waals surface area (Å²) in [6, 6.07) is 3.66. The molecule has 0 aliphatic rings. The van der Waals surface area contributed by atoms with Gasteiger partial charge in [0.2, 0.25) is 0 Å². The van der Waals surface area contributed by atoms with Crippen LogP contribution in [0.3, 0.4) is 0 Å². The van der Waals surface area contributed by atoms with E-state index in [4.69, 9.17) is 24.8 Å². The van der Waals surface area contributed by atoms with E-state index >= 15 is 0 Å². The molecular formula is C12H20N2S2. The highest BCUT2D eigenvalue weighted by molar-refractivity contribution is 8.01. The number of thiocarbonyl (C=S) groups is 1. The number of nitrogens with zero attached hydrogens (tertiary/aromatic N) is 1. The second kappa shape index (κ2) is 9.63. The fraction of sp³-hybridized carbons (Fsp3) is 0.500. The summed E-state index contributed by atoms with van der Waals surface area (Å²) in [5, 5.41) is 0. The predicted octanol–water partition coefficient (Wildman–Crippen LogP) is 1.23. The average Bonchev–Trinajstić information content (AvgIpc) is 2.33. The highest BCUT2D eigenvalue weighted by Gasteiger charge is 1.92. The summed E-state index contributed by atoms with van der Waals surface area (Å²) in [6.45, 7) is 10.5. The number of hydrogen-bond acceptors (Lipinski definition) is 3. The van der Waals surface area contributed by atoms with Crippen molar-refractivity contribution in [3.8, 4) is 0 Å². The molecule has 0 spiro atoms. The van der Waals surface area contributed by atoms with Crippen LogP contribution in [0.1, 0.15) is 26.3 Å². The molecule has 16 heavy (non-hydrogen) atoms. The fourth-order valence-corrected chi connectivity index (χ4v) is 1.47. The van der Waals surface area contributed by atoms with Crippen molar-refractivity contribution >= 4 is 29.0 Å².